The number of carbonyl (C=O) groups excluding carboxylic acids is 10. The number of primary amides is 1. The molecule has 2 unspecified atom stereocenters. The number of aliphatic hydroxyl groups is 4. The van der Waals surface area contributed by atoms with E-state index in [1.54, 1.807) is 96.4 Å². The third-order valence-electron chi connectivity index (χ3n) is 20.3. The summed E-state index contributed by atoms with van der Waals surface area (Å²) in [6.45, 7) is 6.92. The van der Waals surface area contributed by atoms with E-state index < -0.39 is 91.1 Å². The number of rotatable bonds is 45. The molecule has 118 heavy (non-hydrogen) atoms. The number of urea groups is 1. The number of ether oxygens (including phenoxy) is 10. The van der Waals surface area contributed by atoms with Gasteiger partial charge in [0.05, 0.1) is 120 Å². The number of nitrogens with zero attached hydrogens (tertiary/aromatic N) is 5. The lowest BCUT2D eigenvalue weighted by molar-refractivity contribution is -0.277. The Kier molecular flexibility index (Phi) is 34.3. The van der Waals surface area contributed by atoms with Crippen LogP contribution in [0.15, 0.2) is 109 Å². The number of anilines is 3. The van der Waals surface area contributed by atoms with Crippen molar-refractivity contribution in [2.75, 3.05) is 166 Å². The van der Waals surface area contributed by atoms with Crippen LogP contribution >= 0.6 is 34.5 Å². The second-order valence-corrected chi connectivity index (χ2v) is 30.5. The molecular formula is C82H101Cl2N9O24S. The number of likely N-dealkylation sites (N-methyl/N-ethyl adjacent to an activating group) is 2. The molecule has 9 N–H and O–H groups in total. The van der Waals surface area contributed by atoms with E-state index in [0.29, 0.717) is 103 Å². The summed E-state index contributed by atoms with van der Waals surface area (Å²) in [6.07, 6.45) is -6.55. The Labute approximate surface area is 695 Å². The van der Waals surface area contributed by atoms with Gasteiger partial charge in [-0.25, -0.2) is 14.4 Å². The van der Waals surface area contributed by atoms with E-state index >= 15 is 0 Å². The molecular weight excluding hydrogens is 1600 g/mol. The number of nitrogens with two attached hydrogens (primary N) is 1. The van der Waals surface area contributed by atoms with Gasteiger partial charge in [-0.2, -0.15) is 0 Å². The molecule has 33 nitrogen and oxygen atoms in total. The van der Waals surface area contributed by atoms with Crippen molar-refractivity contribution in [3.05, 3.63) is 136 Å². The highest BCUT2D eigenvalue weighted by atomic mass is 35.5. The summed E-state index contributed by atoms with van der Waals surface area (Å²) in [4.78, 5) is 140. The van der Waals surface area contributed by atoms with Gasteiger partial charge in [0.2, 0.25) is 18.1 Å². The number of carbonyl (C=O) groups is 10. The predicted octanol–water partition coefficient (Wildman–Crippen LogP) is 6.42. The number of fused-ring (bicyclic) bond motifs is 6. The zero-order valence-electron chi connectivity index (χ0n) is 66.0. The number of ketones is 1. The lowest BCUT2D eigenvalue weighted by atomic mass is 9.89. The Balaban J connectivity index is 0.652. The van der Waals surface area contributed by atoms with E-state index in [1.165, 1.54) is 36.0 Å². The van der Waals surface area contributed by atoms with Gasteiger partial charge < -0.3 is 109 Å². The van der Waals surface area contributed by atoms with E-state index in [2.05, 4.69) is 16.0 Å². The van der Waals surface area contributed by atoms with Crippen molar-refractivity contribution in [3.8, 4) is 11.5 Å². The van der Waals surface area contributed by atoms with E-state index in [0.717, 1.165) is 27.4 Å². The SMILES string of the molecule is CC(C)[C@H](NC(=O)CCOCCOCCOCCOCCOCCOCCN1C(=O)C=CC1=O)C(=O)C[C@@H](CCCNC(N)=O)C(=O)Nc1ccc(COC(=O)N(C)CCN(C)C(=O)Oc2cc3c(c4ccccc24)[C@H](CCl)CN3C(=O)c2ccc(C(=O)N3C[C@@H](CCl)c4c3cc(O[C@@H]3OC(CO)[C@H](O)[C@H](O)C3O)c3ccccc43)s2)cc1. The lowest BCUT2D eigenvalue weighted by Crippen LogP contribution is -2.60. The van der Waals surface area contributed by atoms with Gasteiger partial charge in [-0.3, -0.25) is 38.5 Å². The molecule has 0 aliphatic carbocycles. The summed E-state index contributed by atoms with van der Waals surface area (Å²) in [5.74, 6) is -4.09. The maximum Gasteiger partial charge on any atom is 0.415 e. The molecule has 0 saturated carbocycles. The molecule has 6 aromatic rings. The van der Waals surface area contributed by atoms with Crippen LogP contribution in [0.1, 0.15) is 87.4 Å². The standard InChI is InChI=1S/C82H101Cl2N9O24S/c1-49(2)72(88-67(96)23-28-108-30-32-110-34-36-112-38-39-113-37-35-111-33-31-109-29-27-91-68(97)21-22-69(91)98)61(95)40-51(10-9-24-86-80(85)105)76(102)87-54-17-15-50(16-18-54)48-114-81(106)89(3)25-26-90(4)82(107)117-63-42-60-71(58-14-8-6-12-56(58)63)53(44-84)46-93(60)78(104)66-20-19-65(118-66)77(103)92-45-52(43-83)70-57-13-7-5-11-55(57)62(41-59(70)92)115-79-75(101)74(100)73(99)64(47-94)116-79/h5-8,11-22,41-42,49,51-53,64,72-75,79,94,99-101H,9-10,23-40,43-48H2,1-4H3,(H,87,102)(H,88,96)(H3,85,86,105)/t51-,52-,53-,64?,72+,73+,74+,75?,79-/m1/s1. The summed E-state index contributed by atoms with van der Waals surface area (Å²) >= 11 is 14.3. The van der Waals surface area contributed by atoms with Crippen LogP contribution in [0.2, 0.25) is 0 Å². The quantitative estimate of drug-likeness (QED) is 0.0116. The summed E-state index contributed by atoms with van der Waals surface area (Å²) in [6, 6.07) is 25.7. The highest BCUT2D eigenvalue weighted by Crippen LogP contribution is 2.49. The van der Waals surface area contributed by atoms with Gasteiger partial charge in [0.15, 0.2) is 5.78 Å². The Morgan fingerprint density at radius 1 is 0.636 bits per heavy atom. The highest BCUT2D eigenvalue weighted by Gasteiger charge is 2.46. The first-order valence-electron chi connectivity index (χ1n) is 38.9. The largest absolute Gasteiger partial charge is 0.461 e. The number of benzene rings is 5. The fourth-order valence-corrected chi connectivity index (χ4v) is 15.3. The normalized spacial score (nSPS) is 18.7. The average Bonchev–Trinajstić information content (AvgIpc) is 1.58. The number of thiophene rings is 1. The first-order valence-corrected chi connectivity index (χ1v) is 40.8. The first-order chi connectivity index (χ1) is 56.9. The number of amides is 10. The third kappa shape index (κ3) is 23.9. The first kappa shape index (κ1) is 90.8. The van der Waals surface area contributed by atoms with Crippen molar-refractivity contribution in [2.45, 2.75) is 94.7 Å². The Bertz CT molecular complexity index is 4500. The smallest absolute Gasteiger partial charge is 0.415 e. The average molecular weight is 1700 g/mol. The molecule has 36 heteroatoms. The molecule has 5 aromatic carbocycles. The molecule has 4 aliphatic rings. The maximum absolute atomic E-state index is 14.9. The lowest BCUT2D eigenvalue weighted by Gasteiger charge is -2.39. The molecule has 4 aliphatic heterocycles. The van der Waals surface area contributed by atoms with Crippen LogP contribution in [0.5, 0.6) is 11.5 Å². The van der Waals surface area contributed by atoms with E-state index in [4.69, 9.17) is 76.3 Å². The number of alkyl halides is 2. The second kappa shape index (κ2) is 44.5. The van der Waals surface area contributed by atoms with Crippen LogP contribution in [-0.4, -0.2) is 282 Å². The van der Waals surface area contributed by atoms with Crippen molar-refractivity contribution < 1.29 is 116 Å². The molecule has 1 fully saturated rings. The molecule has 0 spiro atoms. The molecule has 638 valence electrons. The minimum atomic E-state index is -1.70. The fraction of sp³-hybridized carbons (Fsp3) is 0.488. The van der Waals surface area contributed by atoms with Crippen molar-refractivity contribution in [2.24, 2.45) is 17.6 Å². The zero-order valence-corrected chi connectivity index (χ0v) is 68.3. The number of hydrogen-bond acceptors (Lipinski definition) is 25. The summed E-state index contributed by atoms with van der Waals surface area (Å²) in [7, 11) is 3.01. The second-order valence-electron chi connectivity index (χ2n) is 28.8. The van der Waals surface area contributed by atoms with Crippen molar-refractivity contribution >= 4 is 133 Å². The molecule has 5 heterocycles. The topological polar surface area (TPSA) is 422 Å². The number of nitrogens with one attached hydrogen (secondary N) is 3. The predicted molar refractivity (Wildman–Crippen MR) is 436 cm³/mol. The van der Waals surface area contributed by atoms with Gasteiger partial charge in [0.25, 0.3) is 23.6 Å². The Morgan fingerprint density at radius 2 is 1.14 bits per heavy atom. The number of Topliss-reactive ketones (excluding diaryl/α,β-unsaturated/α-hetero) is 1. The van der Waals surface area contributed by atoms with Crippen LogP contribution in [0.4, 0.5) is 31.4 Å². The maximum atomic E-state index is 14.9. The summed E-state index contributed by atoms with van der Waals surface area (Å²) < 4.78 is 56.6. The summed E-state index contributed by atoms with van der Waals surface area (Å²) in [5.41, 5.74) is 8.67. The Hall–Kier alpha value is -9.50. The van der Waals surface area contributed by atoms with Gasteiger partial charge in [-0.1, -0.05) is 74.5 Å². The minimum absolute atomic E-state index is 0.00802. The van der Waals surface area contributed by atoms with E-state index in [-0.39, 0.29) is 160 Å². The molecule has 1 aromatic heterocycles. The van der Waals surface area contributed by atoms with E-state index in [1.807, 2.05) is 24.3 Å². The molecule has 0 radical (unpaired) electrons. The zero-order chi connectivity index (χ0) is 84.5. The highest BCUT2D eigenvalue weighted by molar-refractivity contribution is 7.16. The van der Waals surface area contributed by atoms with Gasteiger partial charge in [0, 0.05) is 130 Å². The van der Waals surface area contributed by atoms with Crippen LogP contribution in [-0.2, 0) is 68.5 Å². The molecule has 1 saturated heterocycles. The molecule has 10 amide bonds. The third-order valence-corrected chi connectivity index (χ3v) is 22.1. The van der Waals surface area contributed by atoms with Crippen molar-refractivity contribution in [3.63, 3.8) is 0 Å². The summed E-state index contributed by atoms with van der Waals surface area (Å²) in [5, 5.41) is 52.6. The Morgan fingerprint density at radius 3 is 1.65 bits per heavy atom. The number of halogens is 2. The van der Waals surface area contributed by atoms with Crippen molar-refractivity contribution in [1.82, 2.24) is 25.3 Å². The van der Waals surface area contributed by atoms with Crippen LogP contribution < -0.4 is 41.0 Å². The number of hydrogen-bond donors (Lipinski definition) is 8. The minimum Gasteiger partial charge on any atom is -0.461 e. The molecule has 9 atom stereocenters. The number of imide groups is 1. The van der Waals surface area contributed by atoms with Gasteiger partial charge in [0.1, 0.15) is 42.5 Å². The van der Waals surface area contributed by atoms with Crippen LogP contribution in [0, 0.1) is 11.8 Å². The van der Waals surface area contributed by atoms with Gasteiger partial charge in [-0.15, -0.1) is 34.5 Å². The van der Waals surface area contributed by atoms with Gasteiger partial charge in [-0.05, 0) is 70.5 Å². The number of aliphatic hydroxyl groups excluding tert-OH is 4. The van der Waals surface area contributed by atoms with E-state index in [9.17, 15) is 68.4 Å². The van der Waals surface area contributed by atoms with Crippen LogP contribution in [0.3, 0.4) is 0 Å². The van der Waals surface area contributed by atoms with Crippen molar-refractivity contribution in [1.29, 1.82) is 0 Å². The molecule has 0 bridgehead atoms. The van der Waals surface area contributed by atoms with Gasteiger partial charge >= 0.3 is 18.2 Å². The molecule has 10 rings (SSSR count). The fourth-order valence-electron chi connectivity index (χ4n) is 13.9. The monoisotopic (exact) mass is 1700 g/mol. The van der Waals surface area contributed by atoms with Crippen LogP contribution in [0.25, 0.3) is 21.5 Å².